The molecule has 0 amide bonds. The zero-order chi connectivity index (χ0) is 10.0. The minimum absolute atomic E-state index is 0.141. The van der Waals surface area contributed by atoms with Crippen LogP contribution in [0.3, 0.4) is 0 Å². The summed E-state index contributed by atoms with van der Waals surface area (Å²) in [6.45, 7) is 6.33. The van der Waals surface area contributed by atoms with Crippen molar-refractivity contribution in [2.45, 2.75) is 26.8 Å². The molecule has 1 unspecified atom stereocenters. The van der Waals surface area contributed by atoms with E-state index >= 15 is 0 Å². The summed E-state index contributed by atoms with van der Waals surface area (Å²) in [7, 11) is 0. The smallest absolute Gasteiger partial charge is 0.251 e. The number of hydrogen-bond acceptors (Lipinski definition) is 2. The van der Waals surface area contributed by atoms with Gasteiger partial charge in [-0.3, -0.25) is 9.78 Å². The molecule has 0 bridgehead atoms. The molecule has 1 heterocycles. The topological polar surface area (TPSA) is 37.8 Å². The fourth-order valence-corrected chi connectivity index (χ4v) is 1.40. The van der Waals surface area contributed by atoms with E-state index in [4.69, 9.17) is 12.2 Å². The highest BCUT2D eigenvalue weighted by Gasteiger charge is 2.08. The Balaban J connectivity index is 3.17. The third-order valence-electron chi connectivity index (χ3n) is 2.25. The Morgan fingerprint density at radius 2 is 2.08 bits per heavy atom. The van der Waals surface area contributed by atoms with Gasteiger partial charge in [-0.15, -0.1) is 0 Å². The van der Waals surface area contributed by atoms with Crippen LogP contribution >= 0.6 is 12.2 Å². The Morgan fingerprint density at radius 3 is 2.54 bits per heavy atom. The first-order valence-corrected chi connectivity index (χ1v) is 4.74. The van der Waals surface area contributed by atoms with Crippen molar-refractivity contribution in [2.24, 2.45) is 5.92 Å². The summed E-state index contributed by atoms with van der Waals surface area (Å²) in [6, 6.07) is 1.80. The van der Waals surface area contributed by atoms with E-state index in [-0.39, 0.29) is 5.56 Å². The molecule has 0 fully saturated rings. The van der Waals surface area contributed by atoms with Crippen LogP contribution in [-0.2, 0) is 0 Å². The first kappa shape index (κ1) is 10.2. The van der Waals surface area contributed by atoms with Gasteiger partial charge in [-0.1, -0.05) is 13.8 Å². The number of aromatic nitrogens is 2. The molecule has 0 saturated heterocycles. The third-order valence-corrected chi connectivity index (χ3v) is 2.57. The second-order valence-electron chi connectivity index (χ2n) is 3.50. The van der Waals surface area contributed by atoms with Crippen molar-refractivity contribution in [2.75, 3.05) is 0 Å². The Bertz CT molecular complexity index is 391. The zero-order valence-electron chi connectivity index (χ0n) is 8.07. The molecule has 0 aromatic carbocycles. The molecule has 0 saturated carbocycles. The maximum absolute atomic E-state index is 10.9. The number of hydrogen-bond donors (Lipinski definition) is 1. The molecule has 0 radical (unpaired) electrons. The van der Waals surface area contributed by atoms with Gasteiger partial charge >= 0.3 is 0 Å². The van der Waals surface area contributed by atoms with Crippen molar-refractivity contribution in [3.63, 3.8) is 0 Å². The zero-order valence-corrected chi connectivity index (χ0v) is 8.89. The lowest BCUT2D eigenvalue weighted by Crippen LogP contribution is -2.17. The SMILES string of the molecule is CC(C)C(C)n1ccc(=O)[nH]c1=S. The van der Waals surface area contributed by atoms with Crippen LogP contribution in [0.2, 0.25) is 0 Å². The van der Waals surface area contributed by atoms with E-state index in [1.165, 1.54) is 6.07 Å². The number of H-pyrrole nitrogens is 1. The molecular weight excluding hydrogens is 184 g/mol. The Kier molecular flexibility index (Phi) is 3.03. The highest BCUT2D eigenvalue weighted by Crippen LogP contribution is 2.15. The Hall–Kier alpha value is -0.900. The molecule has 0 spiro atoms. The number of rotatable bonds is 2. The lowest BCUT2D eigenvalue weighted by molar-refractivity contribution is 0.398. The van der Waals surface area contributed by atoms with Gasteiger partial charge in [0.2, 0.25) is 0 Å². The summed E-state index contributed by atoms with van der Waals surface area (Å²) in [5.41, 5.74) is -0.141. The highest BCUT2D eigenvalue weighted by atomic mass is 32.1. The summed E-state index contributed by atoms with van der Waals surface area (Å²) < 4.78 is 2.40. The normalized spacial score (nSPS) is 13.2. The van der Waals surface area contributed by atoms with Crippen molar-refractivity contribution in [1.29, 1.82) is 0 Å². The van der Waals surface area contributed by atoms with E-state index in [0.29, 0.717) is 16.7 Å². The van der Waals surface area contributed by atoms with Crippen molar-refractivity contribution in [3.8, 4) is 0 Å². The van der Waals surface area contributed by atoms with Crippen LogP contribution in [0.1, 0.15) is 26.8 Å². The van der Waals surface area contributed by atoms with E-state index in [2.05, 4.69) is 25.8 Å². The van der Waals surface area contributed by atoms with Crippen LogP contribution in [0.15, 0.2) is 17.1 Å². The third kappa shape index (κ3) is 2.28. The number of nitrogens with zero attached hydrogens (tertiary/aromatic N) is 1. The van der Waals surface area contributed by atoms with E-state index in [1.807, 2.05) is 4.57 Å². The second-order valence-corrected chi connectivity index (χ2v) is 3.89. The predicted molar refractivity (Wildman–Crippen MR) is 55.4 cm³/mol. The molecule has 4 heteroatoms. The maximum Gasteiger partial charge on any atom is 0.251 e. The molecule has 0 aliphatic rings. The Morgan fingerprint density at radius 1 is 1.46 bits per heavy atom. The summed E-state index contributed by atoms with van der Waals surface area (Å²) in [5.74, 6) is 0.498. The quantitative estimate of drug-likeness (QED) is 0.739. The van der Waals surface area contributed by atoms with Crippen LogP contribution in [0.25, 0.3) is 0 Å². The largest absolute Gasteiger partial charge is 0.322 e. The van der Waals surface area contributed by atoms with Crippen molar-refractivity contribution >= 4 is 12.2 Å². The van der Waals surface area contributed by atoms with Gasteiger partial charge in [-0.05, 0) is 25.1 Å². The maximum atomic E-state index is 10.9. The number of nitrogens with one attached hydrogen (secondary N) is 1. The standard InChI is InChI=1S/C9H14N2OS/c1-6(2)7(3)11-5-4-8(12)10-9(11)13/h4-7H,1-3H3,(H,10,12,13). The Labute approximate surface area is 82.4 Å². The highest BCUT2D eigenvalue weighted by molar-refractivity contribution is 7.71. The van der Waals surface area contributed by atoms with Crippen LogP contribution in [0.4, 0.5) is 0 Å². The first-order chi connectivity index (χ1) is 6.02. The molecule has 1 rings (SSSR count). The van der Waals surface area contributed by atoms with Crippen molar-refractivity contribution < 1.29 is 0 Å². The first-order valence-electron chi connectivity index (χ1n) is 4.34. The molecule has 3 nitrogen and oxygen atoms in total. The van der Waals surface area contributed by atoms with E-state index < -0.39 is 0 Å². The molecule has 0 aliphatic carbocycles. The molecule has 1 aromatic heterocycles. The summed E-state index contributed by atoms with van der Waals surface area (Å²) in [5, 5.41) is 0. The monoisotopic (exact) mass is 198 g/mol. The van der Waals surface area contributed by atoms with Crippen molar-refractivity contribution in [1.82, 2.24) is 9.55 Å². The summed E-state index contributed by atoms with van der Waals surface area (Å²) in [4.78, 5) is 13.5. The predicted octanol–water partition coefficient (Wildman–Crippen LogP) is 2.12. The van der Waals surface area contributed by atoms with Gasteiger partial charge in [-0.2, -0.15) is 0 Å². The van der Waals surface area contributed by atoms with Crippen molar-refractivity contribution in [3.05, 3.63) is 27.4 Å². The minimum atomic E-state index is -0.141. The van der Waals surface area contributed by atoms with Crippen LogP contribution in [0, 0.1) is 10.7 Å². The van der Waals surface area contributed by atoms with Gasteiger partial charge in [0.15, 0.2) is 4.77 Å². The van der Waals surface area contributed by atoms with Gasteiger partial charge < -0.3 is 4.57 Å². The van der Waals surface area contributed by atoms with Gasteiger partial charge in [0.1, 0.15) is 0 Å². The number of aromatic amines is 1. The lowest BCUT2D eigenvalue weighted by atomic mass is 10.1. The molecule has 1 atom stereocenters. The van der Waals surface area contributed by atoms with Crippen LogP contribution in [-0.4, -0.2) is 9.55 Å². The molecule has 0 aliphatic heterocycles. The van der Waals surface area contributed by atoms with Gasteiger partial charge in [0, 0.05) is 18.3 Å². The molecule has 72 valence electrons. The van der Waals surface area contributed by atoms with E-state index in [0.717, 1.165) is 0 Å². The molecule has 1 N–H and O–H groups in total. The molecular formula is C9H14N2OS. The average molecular weight is 198 g/mol. The molecule has 13 heavy (non-hydrogen) atoms. The fraction of sp³-hybridized carbons (Fsp3) is 0.556. The average Bonchev–Trinajstić information content (AvgIpc) is 2.03. The van der Waals surface area contributed by atoms with E-state index in [9.17, 15) is 4.79 Å². The fourth-order valence-electron chi connectivity index (χ4n) is 1.07. The van der Waals surface area contributed by atoms with Gasteiger partial charge in [-0.25, -0.2) is 0 Å². The van der Waals surface area contributed by atoms with Gasteiger partial charge in [0.05, 0.1) is 0 Å². The van der Waals surface area contributed by atoms with E-state index in [1.54, 1.807) is 6.20 Å². The van der Waals surface area contributed by atoms with Crippen LogP contribution in [0.5, 0.6) is 0 Å². The second kappa shape index (κ2) is 3.87. The summed E-state index contributed by atoms with van der Waals surface area (Å²) in [6.07, 6.45) is 1.74. The molecule has 1 aromatic rings. The van der Waals surface area contributed by atoms with Gasteiger partial charge in [0.25, 0.3) is 5.56 Å². The minimum Gasteiger partial charge on any atom is -0.322 e. The van der Waals surface area contributed by atoms with Crippen LogP contribution < -0.4 is 5.56 Å². The lowest BCUT2D eigenvalue weighted by Gasteiger charge is -2.18. The summed E-state index contributed by atoms with van der Waals surface area (Å²) >= 11 is 5.04.